The third-order valence-corrected chi connectivity index (χ3v) is 5.21. The lowest BCUT2D eigenvalue weighted by molar-refractivity contribution is 0.198. The van der Waals surface area contributed by atoms with Gasteiger partial charge >= 0.3 is 6.09 Å². The number of anilines is 1. The predicted octanol–water partition coefficient (Wildman–Crippen LogP) is 4.09. The van der Waals surface area contributed by atoms with E-state index in [0.717, 1.165) is 19.4 Å². The van der Waals surface area contributed by atoms with E-state index in [1.54, 1.807) is 18.2 Å². The number of rotatable bonds is 6. The van der Waals surface area contributed by atoms with Gasteiger partial charge in [-0.15, -0.1) is 0 Å². The number of carbonyl (C=O) groups is 1. The Morgan fingerprint density at radius 2 is 1.89 bits per heavy atom. The van der Waals surface area contributed by atoms with Gasteiger partial charge in [-0.25, -0.2) is 9.18 Å². The molecule has 1 saturated heterocycles. The van der Waals surface area contributed by atoms with E-state index < -0.39 is 11.9 Å². The van der Waals surface area contributed by atoms with Crippen LogP contribution in [0.5, 0.6) is 11.5 Å². The highest BCUT2D eigenvalue weighted by Gasteiger charge is 2.28. The number of likely N-dealkylation sites (N-methyl/N-ethyl adjacent to an activating group) is 1. The quantitative estimate of drug-likeness (QED) is 0.808. The molecule has 0 spiro atoms. The predicted molar refractivity (Wildman–Crippen MR) is 106 cm³/mol. The van der Waals surface area contributed by atoms with Crippen molar-refractivity contribution in [2.24, 2.45) is 0 Å². The van der Waals surface area contributed by atoms with Gasteiger partial charge in [0.25, 0.3) is 0 Å². The van der Waals surface area contributed by atoms with Gasteiger partial charge in [0.2, 0.25) is 0 Å². The molecule has 1 N–H and O–H groups in total. The minimum absolute atomic E-state index is 0.133. The van der Waals surface area contributed by atoms with Gasteiger partial charge in [-0.1, -0.05) is 0 Å². The number of ether oxygens (including phenoxy) is 2. The third-order valence-electron chi connectivity index (χ3n) is 5.21. The largest absolute Gasteiger partial charge is 0.497 e. The Balaban J connectivity index is 2.07. The molecular formula is C21H25FN2O4. The maximum atomic E-state index is 14.1. The maximum Gasteiger partial charge on any atom is 0.411 e. The van der Waals surface area contributed by atoms with Crippen molar-refractivity contribution in [2.45, 2.75) is 18.9 Å². The lowest BCUT2D eigenvalue weighted by atomic mass is 10.0. The van der Waals surface area contributed by atoms with E-state index in [1.165, 1.54) is 37.3 Å². The Kier molecular flexibility index (Phi) is 6.04. The van der Waals surface area contributed by atoms with Crippen molar-refractivity contribution in [1.82, 2.24) is 4.90 Å². The second-order valence-electron chi connectivity index (χ2n) is 6.93. The molecule has 3 rings (SSSR count). The van der Waals surface area contributed by atoms with Crippen LogP contribution in [0.3, 0.4) is 0 Å². The maximum absolute atomic E-state index is 14.1. The number of hydrogen-bond acceptors (Lipinski definition) is 4. The fourth-order valence-corrected chi connectivity index (χ4v) is 3.64. The molecule has 6 nitrogen and oxygen atoms in total. The van der Waals surface area contributed by atoms with Crippen LogP contribution < -0.4 is 14.4 Å². The molecule has 2 aromatic rings. The third kappa shape index (κ3) is 4.20. The molecule has 1 amide bonds. The first kappa shape index (κ1) is 19.9. The summed E-state index contributed by atoms with van der Waals surface area (Å²) in [4.78, 5) is 15.5. The Bertz CT molecular complexity index is 836. The topological polar surface area (TPSA) is 62.2 Å². The molecule has 0 saturated carbocycles. The van der Waals surface area contributed by atoms with Crippen molar-refractivity contribution in [3.05, 3.63) is 42.2 Å². The summed E-state index contributed by atoms with van der Waals surface area (Å²) >= 11 is 0. The summed E-state index contributed by atoms with van der Waals surface area (Å²) in [5.74, 6) is 0.646. The zero-order chi connectivity index (χ0) is 20.3. The van der Waals surface area contributed by atoms with Crippen molar-refractivity contribution in [3.8, 4) is 22.6 Å². The van der Waals surface area contributed by atoms with E-state index in [1.807, 2.05) is 7.05 Å². The molecule has 1 atom stereocenters. The molecule has 0 bridgehead atoms. The van der Waals surface area contributed by atoms with E-state index in [-0.39, 0.29) is 6.04 Å². The van der Waals surface area contributed by atoms with Crippen LogP contribution in [0.2, 0.25) is 0 Å². The van der Waals surface area contributed by atoms with Crippen molar-refractivity contribution in [1.29, 1.82) is 0 Å². The molecule has 28 heavy (non-hydrogen) atoms. The number of halogens is 1. The van der Waals surface area contributed by atoms with Gasteiger partial charge in [0.15, 0.2) is 0 Å². The Labute approximate surface area is 164 Å². The minimum atomic E-state index is -1.07. The molecule has 0 aliphatic carbocycles. The fraction of sp³-hybridized carbons (Fsp3) is 0.381. The molecule has 0 aromatic heterocycles. The number of methoxy groups -OCH3 is 2. The van der Waals surface area contributed by atoms with E-state index in [9.17, 15) is 14.3 Å². The second kappa shape index (κ2) is 8.48. The van der Waals surface area contributed by atoms with Gasteiger partial charge in [-0.2, -0.15) is 0 Å². The summed E-state index contributed by atoms with van der Waals surface area (Å²) in [5, 5.41) is 9.88. The first-order chi connectivity index (χ1) is 13.4. The summed E-state index contributed by atoms with van der Waals surface area (Å²) in [7, 11) is 5.06. The first-order valence-electron chi connectivity index (χ1n) is 9.16. The van der Waals surface area contributed by atoms with Gasteiger partial charge in [0.1, 0.15) is 17.3 Å². The second-order valence-corrected chi connectivity index (χ2v) is 6.93. The molecule has 150 valence electrons. The van der Waals surface area contributed by atoms with Crippen LogP contribution in [0, 0.1) is 5.82 Å². The molecule has 1 heterocycles. The van der Waals surface area contributed by atoms with Gasteiger partial charge in [-0.05, 0) is 62.3 Å². The molecule has 2 aromatic carbocycles. The number of hydrogen-bond donors (Lipinski definition) is 1. The highest BCUT2D eigenvalue weighted by Crippen LogP contribution is 2.37. The van der Waals surface area contributed by atoms with Crippen LogP contribution in [-0.4, -0.2) is 56.5 Å². The van der Waals surface area contributed by atoms with Gasteiger partial charge in [-0.3, -0.25) is 4.90 Å². The lowest BCUT2D eigenvalue weighted by Crippen LogP contribution is -2.41. The minimum Gasteiger partial charge on any atom is -0.497 e. The van der Waals surface area contributed by atoms with E-state index >= 15 is 0 Å². The van der Waals surface area contributed by atoms with Crippen molar-refractivity contribution in [2.75, 3.05) is 39.3 Å². The van der Waals surface area contributed by atoms with Gasteiger partial charge in [0.05, 0.1) is 19.9 Å². The van der Waals surface area contributed by atoms with Gasteiger partial charge < -0.3 is 19.5 Å². The highest BCUT2D eigenvalue weighted by atomic mass is 19.1. The zero-order valence-corrected chi connectivity index (χ0v) is 16.3. The van der Waals surface area contributed by atoms with E-state index in [0.29, 0.717) is 34.9 Å². The molecule has 1 fully saturated rings. The number of likely N-dealkylation sites (tertiary alicyclic amines) is 1. The van der Waals surface area contributed by atoms with E-state index in [2.05, 4.69) is 4.90 Å². The number of amides is 1. The molecule has 1 aliphatic rings. The van der Waals surface area contributed by atoms with Crippen molar-refractivity contribution < 1.29 is 23.8 Å². The van der Waals surface area contributed by atoms with Crippen molar-refractivity contribution in [3.63, 3.8) is 0 Å². The number of nitrogens with zero attached hydrogens (tertiary/aromatic N) is 2. The van der Waals surface area contributed by atoms with E-state index in [4.69, 9.17) is 9.47 Å². The van der Waals surface area contributed by atoms with Crippen molar-refractivity contribution >= 4 is 11.8 Å². The first-order valence-corrected chi connectivity index (χ1v) is 9.16. The van der Waals surface area contributed by atoms with Crippen LogP contribution in [0.4, 0.5) is 14.9 Å². The Morgan fingerprint density at radius 3 is 2.43 bits per heavy atom. The number of benzene rings is 2. The van der Waals surface area contributed by atoms with Crippen LogP contribution in [-0.2, 0) is 0 Å². The SMILES string of the molecule is COc1cc(OC)cc(-c2cc(F)ccc2N(C[C@@H]2CCCN2C)C(=O)O)c1. The average molecular weight is 388 g/mol. The Morgan fingerprint density at radius 1 is 1.21 bits per heavy atom. The van der Waals surface area contributed by atoms with Crippen LogP contribution in [0.15, 0.2) is 36.4 Å². The summed E-state index contributed by atoms with van der Waals surface area (Å²) < 4.78 is 24.7. The molecular weight excluding hydrogens is 363 g/mol. The Hall–Kier alpha value is -2.80. The van der Waals surface area contributed by atoms with Crippen LogP contribution >= 0.6 is 0 Å². The normalized spacial score (nSPS) is 16.8. The standard InChI is InChI=1S/C21H25FN2O4/c1-23-8-4-5-16(23)13-24(21(25)26)20-7-6-15(22)11-19(20)14-9-17(27-2)12-18(10-14)28-3/h6-7,9-12,16H,4-5,8,13H2,1-3H3,(H,25,26)/t16-/m0/s1. The van der Waals surface area contributed by atoms with Crippen LogP contribution in [0.25, 0.3) is 11.1 Å². The van der Waals surface area contributed by atoms with Crippen LogP contribution in [0.1, 0.15) is 12.8 Å². The summed E-state index contributed by atoms with van der Waals surface area (Å²) in [6.07, 6.45) is 0.907. The zero-order valence-electron chi connectivity index (χ0n) is 16.3. The fourth-order valence-electron chi connectivity index (χ4n) is 3.64. The molecule has 1 aliphatic heterocycles. The summed E-state index contributed by atoms with van der Waals surface area (Å²) in [6, 6.07) is 9.46. The lowest BCUT2D eigenvalue weighted by Gasteiger charge is -2.28. The smallest absolute Gasteiger partial charge is 0.411 e. The average Bonchev–Trinajstić information content (AvgIpc) is 3.10. The molecule has 7 heteroatoms. The summed E-state index contributed by atoms with van der Waals surface area (Å²) in [5.41, 5.74) is 1.53. The highest BCUT2D eigenvalue weighted by molar-refractivity contribution is 5.93. The molecule has 0 unspecified atom stereocenters. The molecule has 0 radical (unpaired) electrons. The monoisotopic (exact) mass is 388 g/mol. The summed E-state index contributed by atoms with van der Waals surface area (Å²) in [6.45, 7) is 1.27. The van der Waals surface area contributed by atoms with Gasteiger partial charge in [0, 0.05) is 24.2 Å². The number of carboxylic acid groups (broad SMARTS) is 1.